The Morgan fingerprint density at radius 1 is 0.920 bits per heavy atom. The highest BCUT2D eigenvalue weighted by atomic mass is 16.4. The van der Waals surface area contributed by atoms with Crippen molar-refractivity contribution >= 4 is 11.9 Å². The first kappa shape index (κ1) is 17.2. The van der Waals surface area contributed by atoms with Gasteiger partial charge in [0.1, 0.15) is 0 Å². The molecule has 3 rings (SSSR count). The zero-order chi connectivity index (χ0) is 17.9. The smallest absolute Gasteiger partial charge is 0.306 e. The molecule has 2 N–H and O–H groups in total. The molecule has 2 aromatic carbocycles. The molecule has 1 aliphatic carbocycles. The predicted octanol–water partition coefficient (Wildman–Crippen LogP) is 3.57. The highest BCUT2D eigenvalue weighted by Crippen LogP contribution is 2.34. The van der Waals surface area contributed by atoms with Gasteiger partial charge in [0, 0.05) is 5.92 Å². The summed E-state index contributed by atoms with van der Waals surface area (Å²) in [5.74, 6) is -1.52. The quantitative estimate of drug-likeness (QED) is 0.876. The predicted molar refractivity (Wildman–Crippen MR) is 95.9 cm³/mol. The van der Waals surface area contributed by atoms with Crippen molar-refractivity contribution < 1.29 is 14.7 Å². The van der Waals surface area contributed by atoms with Crippen molar-refractivity contribution in [1.82, 2.24) is 5.32 Å². The minimum atomic E-state index is -0.802. The van der Waals surface area contributed by atoms with Crippen LogP contribution in [0.2, 0.25) is 0 Å². The molecule has 0 radical (unpaired) electrons. The number of carboxylic acids is 1. The fraction of sp³-hybridized carbons (Fsp3) is 0.333. The van der Waals surface area contributed by atoms with Gasteiger partial charge in [0.25, 0.3) is 0 Å². The van der Waals surface area contributed by atoms with E-state index in [1.165, 1.54) is 0 Å². The number of carbonyl (C=O) groups excluding carboxylic acids is 1. The van der Waals surface area contributed by atoms with Crippen LogP contribution < -0.4 is 5.32 Å². The normalized spacial score (nSPS) is 20.2. The largest absolute Gasteiger partial charge is 0.481 e. The Morgan fingerprint density at radius 2 is 1.40 bits per heavy atom. The third-order valence-corrected chi connectivity index (χ3v) is 5.23. The highest BCUT2D eigenvalue weighted by Gasteiger charge is 2.38. The second kappa shape index (κ2) is 7.09. The monoisotopic (exact) mass is 337 g/mol. The fourth-order valence-corrected chi connectivity index (χ4v) is 3.65. The van der Waals surface area contributed by atoms with E-state index in [9.17, 15) is 9.59 Å². The molecule has 1 aliphatic rings. The van der Waals surface area contributed by atoms with Gasteiger partial charge in [-0.1, -0.05) is 60.7 Å². The lowest BCUT2D eigenvalue weighted by Gasteiger charge is -2.33. The molecule has 0 spiro atoms. The van der Waals surface area contributed by atoms with Gasteiger partial charge in [0.2, 0.25) is 5.91 Å². The van der Waals surface area contributed by atoms with E-state index in [1.54, 1.807) is 0 Å². The Labute approximate surface area is 147 Å². The molecule has 0 bridgehead atoms. The van der Waals surface area contributed by atoms with Gasteiger partial charge < -0.3 is 10.4 Å². The molecule has 4 nitrogen and oxygen atoms in total. The first-order valence-corrected chi connectivity index (χ1v) is 8.66. The van der Waals surface area contributed by atoms with Gasteiger partial charge >= 0.3 is 5.97 Å². The fourth-order valence-electron chi connectivity index (χ4n) is 3.65. The zero-order valence-electron chi connectivity index (χ0n) is 14.3. The number of nitrogens with one attached hydrogen (secondary N) is 1. The van der Waals surface area contributed by atoms with Gasteiger partial charge in [-0.05, 0) is 37.3 Å². The van der Waals surface area contributed by atoms with Crippen LogP contribution in [0.4, 0.5) is 0 Å². The maximum Gasteiger partial charge on any atom is 0.306 e. The van der Waals surface area contributed by atoms with Crippen molar-refractivity contribution in [2.45, 2.75) is 31.7 Å². The van der Waals surface area contributed by atoms with Crippen molar-refractivity contribution in [3.8, 4) is 0 Å². The standard InChI is InChI=1S/C21H23NO3/c1-21(17-8-4-2-5-9-17,18-10-6-3-7-11-18)22-19(23)15-12-13-16(14-15)20(24)25/h2-11,15-16H,12-14H2,1H3,(H,22,23)(H,24,25)/t15-,16+/m1/s1. The van der Waals surface area contributed by atoms with Crippen LogP contribution in [0.3, 0.4) is 0 Å². The first-order chi connectivity index (χ1) is 12.0. The average molecular weight is 337 g/mol. The van der Waals surface area contributed by atoms with E-state index in [0.29, 0.717) is 19.3 Å². The summed E-state index contributed by atoms with van der Waals surface area (Å²) in [5.41, 5.74) is 1.35. The van der Waals surface area contributed by atoms with Gasteiger partial charge in [-0.15, -0.1) is 0 Å². The lowest BCUT2D eigenvalue weighted by molar-refractivity contribution is -0.141. The van der Waals surface area contributed by atoms with Crippen LogP contribution in [0, 0.1) is 11.8 Å². The minimum Gasteiger partial charge on any atom is -0.481 e. The van der Waals surface area contributed by atoms with Crippen LogP contribution in [0.15, 0.2) is 60.7 Å². The van der Waals surface area contributed by atoms with Gasteiger partial charge in [-0.25, -0.2) is 0 Å². The Morgan fingerprint density at radius 3 is 1.84 bits per heavy atom. The van der Waals surface area contributed by atoms with E-state index in [2.05, 4.69) is 5.32 Å². The summed E-state index contributed by atoms with van der Waals surface area (Å²) in [6.07, 6.45) is 1.62. The summed E-state index contributed by atoms with van der Waals surface area (Å²) >= 11 is 0. The van der Waals surface area contributed by atoms with Crippen LogP contribution >= 0.6 is 0 Å². The summed E-state index contributed by atoms with van der Waals surface area (Å²) in [5, 5.41) is 12.4. The third kappa shape index (κ3) is 3.58. The number of amides is 1. The second-order valence-electron chi connectivity index (χ2n) is 6.89. The SMILES string of the molecule is CC(NC(=O)[C@@H]1CC[C@H](C(=O)O)C1)(c1ccccc1)c1ccccc1. The molecule has 0 unspecified atom stereocenters. The van der Waals surface area contributed by atoms with Crippen molar-refractivity contribution in [2.24, 2.45) is 11.8 Å². The Bertz CT molecular complexity index is 703. The van der Waals surface area contributed by atoms with Crippen LogP contribution in [0.25, 0.3) is 0 Å². The number of carbonyl (C=O) groups is 2. The molecule has 1 amide bonds. The maximum atomic E-state index is 12.9. The summed E-state index contributed by atoms with van der Waals surface area (Å²) < 4.78 is 0. The maximum absolute atomic E-state index is 12.9. The summed E-state index contributed by atoms with van der Waals surface area (Å²) in [6.45, 7) is 2.00. The summed E-state index contributed by atoms with van der Waals surface area (Å²) in [4.78, 5) is 24.0. The van der Waals surface area contributed by atoms with E-state index in [4.69, 9.17) is 5.11 Å². The Hall–Kier alpha value is -2.62. The first-order valence-electron chi connectivity index (χ1n) is 8.66. The number of hydrogen-bond acceptors (Lipinski definition) is 2. The molecule has 0 heterocycles. The topological polar surface area (TPSA) is 66.4 Å². The Balaban J connectivity index is 1.87. The number of rotatable bonds is 5. The number of benzene rings is 2. The van der Waals surface area contributed by atoms with Crippen molar-refractivity contribution in [3.63, 3.8) is 0 Å². The molecular weight excluding hydrogens is 314 g/mol. The van der Waals surface area contributed by atoms with E-state index < -0.39 is 17.4 Å². The number of aliphatic carboxylic acids is 1. The molecule has 25 heavy (non-hydrogen) atoms. The molecule has 1 fully saturated rings. The minimum absolute atomic E-state index is 0.0704. The van der Waals surface area contributed by atoms with E-state index in [0.717, 1.165) is 11.1 Å². The van der Waals surface area contributed by atoms with Crippen molar-refractivity contribution in [3.05, 3.63) is 71.8 Å². The van der Waals surface area contributed by atoms with E-state index in [-0.39, 0.29) is 11.8 Å². The lowest BCUT2D eigenvalue weighted by Crippen LogP contribution is -2.46. The van der Waals surface area contributed by atoms with E-state index in [1.807, 2.05) is 67.6 Å². The van der Waals surface area contributed by atoms with Crippen LogP contribution in [-0.4, -0.2) is 17.0 Å². The number of hydrogen-bond donors (Lipinski definition) is 2. The van der Waals surface area contributed by atoms with Crippen LogP contribution in [0.5, 0.6) is 0 Å². The second-order valence-corrected chi connectivity index (χ2v) is 6.89. The molecule has 2 atom stereocenters. The third-order valence-electron chi connectivity index (χ3n) is 5.23. The summed E-state index contributed by atoms with van der Waals surface area (Å²) in [7, 11) is 0. The Kier molecular flexibility index (Phi) is 4.88. The molecule has 1 saturated carbocycles. The molecule has 0 saturated heterocycles. The van der Waals surface area contributed by atoms with Crippen LogP contribution in [-0.2, 0) is 15.1 Å². The van der Waals surface area contributed by atoms with Crippen molar-refractivity contribution in [2.75, 3.05) is 0 Å². The molecule has 0 aromatic heterocycles. The molecule has 130 valence electrons. The van der Waals surface area contributed by atoms with Crippen LogP contribution in [0.1, 0.15) is 37.3 Å². The van der Waals surface area contributed by atoms with Crippen molar-refractivity contribution in [1.29, 1.82) is 0 Å². The molecular formula is C21H23NO3. The van der Waals surface area contributed by atoms with Gasteiger partial charge in [0.05, 0.1) is 11.5 Å². The average Bonchev–Trinajstić information content (AvgIpc) is 3.14. The number of carboxylic acid groups (broad SMARTS) is 1. The van der Waals surface area contributed by atoms with Gasteiger partial charge in [-0.3, -0.25) is 9.59 Å². The molecule has 0 aliphatic heterocycles. The summed E-state index contributed by atoms with van der Waals surface area (Å²) in [6, 6.07) is 19.7. The van der Waals surface area contributed by atoms with E-state index >= 15 is 0 Å². The molecule has 4 heteroatoms. The molecule has 2 aromatic rings. The van der Waals surface area contributed by atoms with Gasteiger partial charge in [0.15, 0.2) is 0 Å². The van der Waals surface area contributed by atoms with Gasteiger partial charge in [-0.2, -0.15) is 0 Å². The lowest BCUT2D eigenvalue weighted by atomic mass is 9.84. The zero-order valence-corrected chi connectivity index (χ0v) is 14.3. The highest BCUT2D eigenvalue weighted by molar-refractivity contribution is 5.82.